The number of hydrogen-bond acceptors (Lipinski definition) is 7. The monoisotopic (exact) mass is 295 g/mol. The van der Waals surface area contributed by atoms with Gasteiger partial charge in [0.2, 0.25) is 5.13 Å². The van der Waals surface area contributed by atoms with Gasteiger partial charge in [-0.2, -0.15) is 5.10 Å². The van der Waals surface area contributed by atoms with Gasteiger partial charge in [0.15, 0.2) is 5.01 Å². The summed E-state index contributed by atoms with van der Waals surface area (Å²) in [5.74, 6) is 0. The Kier molecular flexibility index (Phi) is 4.80. The minimum absolute atomic E-state index is 0.157. The largest absolute Gasteiger partial charge is 0.383 e. The number of nitrogens with one attached hydrogen (secondary N) is 1. The highest BCUT2D eigenvalue weighted by molar-refractivity contribution is 7.18. The predicted octanol–water partition coefficient (Wildman–Crippen LogP) is 1.23. The lowest BCUT2D eigenvalue weighted by atomic mass is 10.4. The summed E-state index contributed by atoms with van der Waals surface area (Å²) in [5, 5.41) is 17.0. The van der Waals surface area contributed by atoms with Crippen molar-refractivity contribution in [2.75, 3.05) is 19.0 Å². The molecule has 0 unspecified atom stereocenters. The summed E-state index contributed by atoms with van der Waals surface area (Å²) < 4.78 is 6.33. The second-order valence-corrected chi connectivity index (χ2v) is 5.46. The van der Waals surface area contributed by atoms with Gasteiger partial charge in [-0.1, -0.05) is 11.3 Å². The Balaban J connectivity index is 2.23. The molecule has 1 N–H and O–H groups in total. The van der Waals surface area contributed by atoms with Crippen LogP contribution in [0, 0.1) is 0 Å². The molecule has 20 heavy (non-hydrogen) atoms. The van der Waals surface area contributed by atoms with Crippen molar-refractivity contribution in [3.63, 3.8) is 0 Å². The molecule has 2 aromatic heterocycles. The zero-order chi connectivity index (χ0) is 14.5. The number of methoxy groups -OCH3 is 1. The van der Waals surface area contributed by atoms with Crippen molar-refractivity contribution >= 4 is 16.5 Å². The highest BCUT2D eigenvalue weighted by atomic mass is 32.1. The van der Waals surface area contributed by atoms with Crippen molar-refractivity contribution in [2.45, 2.75) is 26.4 Å². The Morgan fingerprint density at radius 3 is 2.90 bits per heavy atom. The average molecular weight is 295 g/mol. The zero-order valence-electron chi connectivity index (χ0n) is 11.7. The molecule has 2 aromatic rings. The molecule has 108 valence electrons. The molecular formula is C12H17N5O2S. The first kappa shape index (κ1) is 14.6. The van der Waals surface area contributed by atoms with Gasteiger partial charge < -0.3 is 10.1 Å². The van der Waals surface area contributed by atoms with E-state index < -0.39 is 0 Å². The number of rotatable bonds is 6. The Hall–Kier alpha value is -1.80. The summed E-state index contributed by atoms with van der Waals surface area (Å²) in [5.41, 5.74) is 0.478. The highest BCUT2D eigenvalue weighted by Gasteiger charge is 2.10. The normalized spacial score (nSPS) is 11.0. The van der Waals surface area contributed by atoms with Crippen LogP contribution in [0.4, 0.5) is 5.13 Å². The van der Waals surface area contributed by atoms with Gasteiger partial charge in [-0.3, -0.25) is 4.79 Å². The summed E-state index contributed by atoms with van der Waals surface area (Å²) in [6.45, 7) is 4.92. The van der Waals surface area contributed by atoms with Crippen LogP contribution in [0.15, 0.2) is 16.9 Å². The minimum atomic E-state index is -0.157. The molecule has 0 bridgehead atoms. The molecule has 0 aliphatic rings. The second-order valence-electron chi connectivity index (χ2n) is 4.48. The van der Waals surface area contributed by atoms with Gasteiger partial charge in [0, 0.05) is 19.2 Å². The average Bonchev–Trinajstić information content (AvgIpc) is 2.85. The lowest BCUT2D eigenvalue weighted by Gasteiger charge is -2.04. The molecule has 0 radical (unpaired) electrons. The fraction of sp³-hybridized carbons (Fsp3) is 0.500. The SMILES string of the molecule is COCCn1nc(-c2nnc(NC(C)C)s2)ccc1=O. The quantitative estimate of drug-likeness (QED) is 0.863. The van der Waals surface area contributed by atoms with Crippen LogP contribution in [0.3, 0.4) is 0 Å². The van der Waals surface area contributed by atoms with Crippen molar-refractivity contribution in [3.8, 4) is 10.7 Å². The predicted molar refractivity (Wildman–Crippen MR) is 78.0 cm³/mol. The molecule has 2 rings (SSSR count). The molecular weight excluding hydrogens is 278 g/mol. The summed E-state index contributed by atoms with van der Waals surface area (Å²) in [4.78, 5) is 11.7. The summed E-state index contributed by atoms with van der Waals surface area (Å²) in [6.07, 6.45) is 0. The van der Waals surface area contributed by atoms with Crippen molar-refractivity contribution < 1.29 is 4.74 Å². The smallest absolute Gasteiger partial charge is 0.266 e. The van der Waals surface area contributed by atoms with E-state index >= 15 is 0 Å². The molecule has 2 heterocycles. The second kappa shape index (κ2) is 6.58. The van der Waals surface area contributed by atoms with Gasteiger partial charge in [-0.15, -0.1) is 10.2 Å². The lowest BCUT2D eigenvalue weighted by Crippen LogP contribution is -2.24. The number of anilines is 1. The van der Waals surface area contributed by atoms with Gasteiger partial charge in [0.1, 0.15) is 5.69 Å². The Bertz CT molecular complexity index is 622. The molecule has 0 saturated carbocycles. The Morgan fingerprint density at radius 1 is 1.40 bits per heavy atom. The third kappa shape index (κ3) is 3.61. The van der Waals surface area contributed by atoms with Crippen LogP contribution >= 0.6 is 11.3 Å². The van der Waals surface area contributed by atoms with Gasteiger partial charge >= 0.3 is 0 Å². The van der Waals surface area contributed by atoms with E-state index in [1.165, 1.54) is 22.1 Å². The van der Waals surface area contributed by atoms with E-state index in [-0.39, 0.29) is 5.56 Å². The van der Waals surface area contributed by atoms with Crippen LogP contribution < -0.4 is 10.9 Å². The molecule has 7 nitrogen and oxygen atoms in total. The van der Waals surface area contributed by atoms with E-state index in [1.807, 2.05) is 13.8 Å². The molecule has 0 spiro atoms. The van der Waals surface area contributed by atoms with Crippen LogP contribution in [0.25, 0.3) is 10.7 Å². The third-order valence-electron chi connectivity index (χ3n) is 2.43. The van der Waals surface area contributed by atoms with Gasteiger partial charge in [-0.05, 0) is 19.9 Å². The van der Waals surface area contributed by atoms with E-state index in [0.717, 1.165) is 5.13 Å². The summed E-state index contributed by atoms with van der Waals surface area (Å²) in [7, 11) is 1.59. The first-order valence-electron chi connectivity index (χ1n) is 6.27. The first-order chi connectivity index (χ1) is 9.60. The number of hydrogen-bond donors (Lipinski definition) is 1. The highest BCUT2D eigenvalue weighted by Crippen LogP contribution is 2.24. The van der Waals surface area contributed by atoms with Crippen molar-refractivity contribution in [1.82, 2.24) is 20.0 Å². The maximum atomic E-state index is 11.7. The minimum Gasteiger partial charge on any atom is -0.383 e. The van der Waals surface area contributed by atoms with E-state index in [2.05, 4.69) is 20.6 Å². The fourth-order valence-corrected chi connectivity index (χ4v) is 2.39. The number of aromatic nitrogens is 4. The van der Waals surface area contributed by atoms with Gasteiger partial charge in [-0.25, -0.2) is 4.68 Å². The molecule has 0 aliphatic carbocycles. The molecule has 0 fully saturated rings. The third-order valence-corrected chi connectivity index (χ3v) is 3.31. The zero-order valence-corrected chi connectivity index (χ0v) is 12.5. The van der Waals surface area contributed by atoms with Crippen molar-refractivity contribution in [1.29, 1.82) is 0 Å². The van der Waals surface area contributed by atoms with E-state index in [1.54, 1.807) is 13.2 Å². The van der Waals surface area contributed by atoms with Gasteiger partial charge in [0.25, 0.3) is 5.56 Å². The van der Waals surface area contributed by atoms with Crippen LogP contribution in [0.2, 0.25) is 0 Å². The van der Waals surface area contributed by atoms with Crippen LogP contribution in [-0.4, -0.2) is 39.7 Å². The Morgan fingerprint density at radius 2 is 2.20 bits per heavy atom. The molecule has 0 saturated heterocycles. The topological polar surface area (TPSA) is 81.9 Å². The summed E-state index contributed by atoms with van der Waals surface area (Å²) >= 11 is 1.41. The number of ether oxygens (including phenoxy) is 1. The lowest BCUT2D eigenvalue weighted by molar-refractivity contribution is 0.182. The summed E-state index contributed by atoms with van der Waals surface area (Å²) in [6, 6.07) is 3.43. The van der Waals surface area contributed by atoms with Gasteiger partial charge in [0.05, 0.1) is 13.2 Å². The Labute approximate surface area is 120 Å². The molecule has 0 aromatic carbocycles. The van der Waals surface area contributed by atoms with Crippen LogP contribution in [0.5, 0.6) is 0 Å². The van der Waals surface area contributed by atoms with Crippen molar-refractivity contribution in [2.24, 2.45) is 0 Å². The molecule has 0 aliphatic heterocycles. The first-order valence-corrected chi connectivity index (χ1v) is 7.09. The van der Waals surface area contributed by atoms with E-state index in [9.17, 15) is 4.79 Å². The van der Waals surface area contributed by atoms with E-state index in [4.69, 9.17) is 4.74 Å². The fourth-order valence-electron chi connectivity index (χ4n) is 1.53. The molecule has 8 heteroatoms. The molecule has 0 amide bonds. The van der Waals surface area contributed by atoms with Crippen LogP contribution in [-0.2, 0) is 11.3 Å². The standard InChI is InChI=1S/C12H17N5O2S/c1-8(2)13-12-15-14-11(20-12)9-4-5-10(18)17(16-9)6-7-19-3/h4-5,8H,6-7H2,1-3H3,(H,13,15). The maximum Gasteiger partial charge on any atom is 0.266 e. The maximum absolute atomic E-state index is 11.7. The molecule has 0 atom stereocenters. The number of nitrogens with zero attached hydrogens (tertiary/aromatic N) is 4. The van der Waals surface area contributed by atoms with Crippen LogP contribution in [0.1, 0.15) is 13.8 Å². The van der Waals surface area contributed by atoms with Crippen molar-refractivity contribution in [3.05, 3.63) is 22.5 Å². The van der Waals surface area contributed by atoms with E-state index in [0.29, 0.717) is 29.9 Å².